The summed E-state index contributed by atoms with van der Waals surface area (Å²) in [7, 11) is 3.91. The molecule has 2 bridgehead atoms. The summed E-state index contributed by atoms with van der Waals surface area (Å²) in [6.45, 7) is 4.80. The Bertz CT molecular complexity index is 832. The summed E-state index contributed by atoms with van der Waals surface area (Å²) in [4.78, 5) is 2.45. The van der Waals surface area contributed by atoms with Gasteiger partial charge in [-0.15, -0.1) is 0 Å². The van der Waals surface area contributed by atoms with Gasteiger partial charge in [0.2, 0.25) is 0 Å². The average molecular weight is 339 g/mol. The van der Waals surface area contributed by atoms with Gasteiger partial charge in [0.05, 0.1) is 18.1 Å². The van der Waals surface area contributed by atoms with Crippen LogP contribution in [-0.4, -0.2) is 42.4 Å². The summed E-state index contributed by atoms with van der Waals surface area (Å²) in [5.74, 6) is 2.65. The molecule has 1 aromatic carbocycles. The molecule has 25 heavy (non-hydrogen) atoms. The maximum absolute atomic E-state index is 10.7. The molecule has 132 valence electrons. The first-order valence-corrected chi connectivity index (χ1v) is 9.11. The van der Waals surface area contributed by atoms with E-state index in [4.69, 9.17) is 9.47 Å². The molecule has 3 atom stereocenters. The lowest BCUT2D eigenvalue weighted by atomic mass is 9.57. The molecule has 5 rings (SSSR count). The van der Waals surface area contributed by atoms with E-state index in [9.17, 15) is 5.11 Å². The Balaban J connectivity index is 1.81. The Morgan fingerprint density at radius 3 is 2.84 bits per heavy atom. The molecule has 2 aliphatic heterocycles. The highest BCUT2D eigenvalue weighted by molar-refractivity contribution is 5.70. The van der Waals surface area contributed by atoms with E-state index in [2.05, 4.69) is 30.2 Å². The van der Waals surface area contributed by atoms with E-state index in [-0.39, 0.29) is 11.3 Å². The van der Waals surface area contributed by atoms with Crippen molar-refractivity contribution in [2.24, 2.45) is 5.92 Å². The van der Waals surface area contributed by atoms with Crippen LogP contribution < -0.4 is 9.47 Å². The van der Waals surface area contributed by atoms with Crippen molar-refractivity contribution < 1.29 is 14.6 Å². The Labute approximate surface area is 148 Å². The summed E-state index contributed by atoms with van der Waals surface area (Å²) in [6.07, 6.45) is 6.46. The molecule has 4 nitrogen and oxygen atoms in total. The second-order valence-electron chi connectivity index (χ2n) is 8.42. The molecule has 1 aromatic rings. The summed E-state index contributed by atoms with van der Waals surface area (Å²) < 4.78 is 12.0. The van der Waals surface area contributed by atoms with E-state index in [0.29, 0.717) is 6.04 Å². The molecule has 0 radical (unpaired) electrons. The fraction of sp³-hybridized carbons (Fsp3) is 0.524. The standard InChI is InChI=1S/C21H25NO3/c1-20(2,23)13-10-14-15-9-12-5-6-16(24-4)19-18(12)21(14,7-8-22(15)3)17(11-13)25-19/h5-6,10-11,13,15,23H,7-9H2,1-4H3/t13-,15+,21+/m0/s1. The van der Waals surface area contributed by atoms with Crippen LogP contribution in [0.1, 0.15) is 31.4 Å². The summed E-state index contributed by atoms with van der Waals surface area (Å²) in [6, 6.07) is 4.61. The second kappa shape index (κ2) is 4.68. The van der Waals surface area contributed by atoms with Crippen LogP contribution in [0.15, 0.2) is 35.6 Å². The largest absolute Gasteiger partial charge is 0.493 e. The van der Waals surface area contributed by atoms with Gasteiger partial charge < -0.3 is 14.6 Å². The predicted molar refractivity (Wildman–Crippen MR) is 96.0 cm³/mol. The van der Waals surface area contributed by atoms with Gasteiger partial charge in [-0.05, 0) is 57.0 Å². The number of hydrogen-bond acceptors (Lipinski definition) is 4. The van der Waals surface area contributed by atoms with Crippen molar-refractivity contribution in [1.29, 1.82) is 0 Å². The van der Waals surface area contributed by atoms with E-state index in [1.807, 2.05) is 19.9 Å². The van der Waals surface area contributed by atoms with Crippen LogP contribution in [0.4, 0.5) is 0 Å². The molecule has 2 aliphatic carbocycles. The number of piperidine rings is 1. The highest BCUT2D eigenvalue weighted by Gasteiger charge is 2.59. The van der Waals surface area contributed by atoms with Gasteiger partial charge in [0, 0.05) is 24.1 Å². The lowest BCUT2D eigenvalue weighted by molar-refractivity contribution is 0.0490. The van der Waals surface area contributed by atoms with Crippen LogP contribution in [0, 0.1) is 5.92 Å². The van der Waals surface area contributed by atoms with Crippen molar-refractivity contribution in [2.75, 3.05) is 20.7 Å². The van der Waals surface area contributed by atoms with E-state index >= 15 is 0 Å². The SMILES string of the molecule is COc1ccc2c3c1OC1=C[C@@H](C(C)(C)O)C=C4[C@@H](C2)N(C)CC[C@]143. The lowest BCUT2D eigenvalue weighted by Gasteiger charge is -2.52. The minimum Gasteiger partial charge on any atom is -0.493 e. The minimum atomic E-state index is -0.809. The Kier molecular flexibility index (Phi) is 2.90. The first kappa shape index (κ1) is 15.5. The average Bonchev–Trinajstić information content (AvgIpc) is 2.90. The van der Waals surface area contributed by atoms with Crippen LogP contribution in [0.3, 0.4) is 0 Å². The zero-order valence-electron chi connectivity index (χ0n) is 15.3. The fourth-order valence-electron chi connectivity index (χ4n) is 5.24. The van der Waals surface area contributed by atoms with E-state index in [1.54, 1.807) is 7.11 Å². The third-order valence-corrected chi connectivity index (χ3v) is 6.63. The molecule has 0 saturated carbocycles. The van der Waals surface area contributed by atoms with Gasteiger partial charge in [0.1, 0.15) is 5.76 Å². The van der Waals surface area contributed by atoms with Gasteiger partial charge in [-0.3, -0.25) is 4.90 Å². The summed E-state index contributed by atoms with van der Waals surface area (Å²) >= 11 is 0. The number of benzene rings is 1. The number of aliphatic hydroxyl groups is 1. The zero-order valence-corrected chi connectivity index (χ0v) is 15.3. The number of hydrogen-bond donors (Lipinski definition) is 1. The third-order valence-electron chi connectivity index (χ3n) is 6.63. The van der Waals surface area contributed by atoms with Gasteiger partial charge >= 0.3 is 0 Å². The molecular weight excluding hydrogens is 314 g/mol. The highest BCUT2D eigenvalue weighted by atomic mass is 16.5. The Morgan fingerprint density at radius 2 is 2.12 bits per heavy atom. The maximum atomic E-state index is 10.7. The van der Waals surface area contributed by atoms with Crippen LogP contribution in [0.25, 0.3) is 0 Å². The number of likely N-dealkylation sites (N-methyl/N-ethyl adjacent to an activating group) is 1. The van der Waals surface area contributed by atoms with E-state index in [0.717, 1.165) is 36.6 Å². The molecular formula is C21H25NO3. The van der Waals surface area contributed by atoms with Crippen LogP contribution in [0.2, 0.25) is 0 Å². The monoisotopic (exact) mass is 339 g/mol. The molecule has 1 saturated heterocycles. The van der Waals surface area contributed by atoms with Crippen molar-refractivity contribution in [1.82, 2.24) is 4.90 Å². The van der Waals surface area contributed by atoms with Crippen LogP contribution in [-0.2, 0) is 11.8 Å². The van der Waals surface area contributed by atoms with Gasteiger partial charge in [-0.25, -0.2) is 0 Å². The molecule has 2 heterocycles. The Hall–Kier alpha value is -1.78. The molecule has 1 N–H and O–H groups in total. The number of likely N-dealkylation sites (tertiary alicyclic amines) is 1. The minimum absolute atomic E-state index is 0.0403. The number of methoxy groups -OCH3 is 1. The van der Waals surface area contributed by atoms with Gasteiger partial charge in [0.25, 0.3) is 0 Å². The fourth-order valence-corrected chi connectivity index (χ4v) is 5.24. The van der Waals surface area contributed by atoms with Gasteiger partial charge in [-0.2, -0.15) is 0 Å². The number of allylic oxidation sites excluding steroid dienone is 1. The van der Waals surface area contributed by atoms with Crippen LogP contribution >= 0.6 is 0 Å². The summed E-state index contributed by atoms with van der Waals surface area (Å²) in [5.41, 5.74) is 3.12. The van der Waals surface area contributed by atoms with Crippen LogP contribution in [0.5, 0.6) is 11.5 Å². The predicted octanol–water partition coefficient (Wildman–Crippen LogP) is 2.80. The first-order chi connectivity index (χ1) is 11.9. The van der Waals surface area contributed by atoms with Crippen molar-refractivity contribution in [2.45, 2.75) is 43.7 Å². The number of ether oxygens (including phenoxy) is 2. The Morgan fingerprint density at radius 1 is 1.32 bits per heavy atom. The highest BCUT2D eigenvalue weighted by Crippen LogP contribution is 2.63. The van der Waals surface area contributed by atoms with E-state index in [1.165, 1.54) is 16.7 Å². The maximum Gasteiger partial charge on any atom is 0.173 e. The van der Waals surface area contributed by atoms with Crippen molar-refractivity contribution in [3.05, 3.63) is 46.7 Å². The second-order valence-corrected chi connectivity index (χ2v) is 8.42. The van der Waals surface area contributed by atoms with Crippen molar-refractivity contribution >= 4 is 0 Å². The number of nitrogens with zero attached hydrogens (tertiary/aromatic N) is 1. The molecule has 0 aromatic heterocycles. The lowest BCUT2D eigenvalue weighted by Crippen LogP contribution is -2.55. The molecule has 4 aliphatic rings. The first-order valence-electron chi connectivity index (χ1n) is 9.11. The smallest absolute Gasteiger partial charge is 0.173 e. The van der Waals surface area contributed by atoms with Gasteiger partial charge in [-0.1, -0.05) is 12.1 Å². The topological polar surface area (TPSA) is 41.9 Å². The van der Waals surface area contributed by atoms with E-state index < -0.39 is 5.60 Å². The van der Waals surface area contributed by atoms with Gasteiger partial charge in [0.15, 0.2) is 11.5 Å². The molecule has 0 amide bonds. The molecule has 1 spiro atoms. The number of rotatable bonds is 2. The van der Waals surface area contributed by atoms with Crippen molar-refractivity contribution in [3.63, 3.8) is 0 Å². The molecule has 1 fully saturated rings. The molecule has 0 unspecified atom stereocenters. The van der Waals surface area contributed by atoms with Crippen molar-refractivity contribution in [3.8, 4) is 11.5 Å². The molecule has 4 heteroatoms. The third kappa shape index (κ3) is 1.79. The quantitative estimate of drug-likeness (QED) is 0.842. The zero-order chi connectivity index (χ0) is 17.6. The normalized spacial score (nSPS) is 32.5. The summed E-state index contributed by atoms with van der Waals surface area (Å²) in [5, 5.41) is 10.7.